The average molecular weight is 393 g/mol. The lowest BCUT2D eigenvalue weighted by Crippen LogP contribution is -2.37. The molecule has 0 unspecified atom stereocenters. The summed E-state index contributed by atoms with van der Waals surface area (Å²) in [7, 11) is 0. The van der Waals surface area contributed by atoms with Crippen molar-refractivity contribution in [1.29, 1.82) is 0 Å². The smallest absolute Gasteiger partial charge is 0.378 e. The number of morpholine rings is 1. The molecule has 134 valence electrons. The van der Waals surface area contributed by atoms with Crippen LogP contribution in [0.3, 0.4) is 0 Å². The van der Waals surface area contributed by atoms with Gasteiger partial charge in [-0.25, -0.2) is 0 Å². The lowest BCUT2D eigenvalue weighted by atomic mass is 10.1. The molecule has 2 heterocycles. The highest BCUT2D eigenvalue weighted by atomic mass is 35.5. The Labute approximate surface area is 150 Å². The summed E-state index contributed by atoms with van der Waals surface area (Å²) in [4.78, 5) is 24.9. The third kappa shape index (κ3) is 3.94. The van der Waals surface area contributed by atoms with Gasteiger partial charge in [0.1, 0.15) is 0 Å². The third-order valence-electron chi connectivity index (χ3n) is 3.68. The summed E-state index contributed by atoms with van der Waals surface area (Å²) >= 11 is 6.78. The van der Waals surface area contributed by atoms with Gasteiger partial charge in [0, 0.05) is 18.7 Å². The van der Waals surface area contributed by atoms with E-state index in [1.807, 2.05) is 0 Å². The molecule has 0 atom stereocenters. The largest absolute Gasteiger partial charge is 0.416 e. The predicted molar refractivity (Wildman–Crippen MR) is 88.6 cm³/mol. The van der Waals surface area contributed by atoms with Gasteiger partial charge in [-0.3, -0.25) is 14.9 Å². The lowest BCUT2D eigenvalue weighted by Gasteiger charge is -2.31. The second-order valence-electron chi connectivity index (χ2n) is 5.35. The summed E-state index contributed by atoms with van der Waals surface area (Å²) in [5.74, 6) is -0.642. The molecule has 2 saturated heterocycles. The normalized spacial score (nSPS) is 20.3. The molecule has 0 radical (unpaired) electrons. The lowest BCUT2D eigenvalue weighted by molar-refractivity contribution is -0.137. The van der Waals surface area contributed by atoms with Crippen molar-refractivity contribution in [2.75, 3.05) is 31.2 Å². The van der Waals surface area contributed by atoms with Crippen molar-refractivity contribution in [1.82, 2.24) is 5.32 Å². The Hall–Kier alpha value is -1.71. The Bertz CT molecular complexity index is 761. The van der Waals surface area contributed by atoms with Crippen LogP contribution in [0.5, 0.6) is 0 Å². The minimum Gasteiger partial charge on any atom is -0.378 e. The molecule has 3 rings (SSSR count). The zero-order valence-electron chi connectivity index (χ0n) is 12.7. The quantitative estimate of drug-likeness (QED) is 0.780. The fourth-order valence-electron chi connectivity index (χ4n) is 2.58. The van der Waals surface area contributed by atoms with E-state index in [0.29, 0.717) is 43.8 Å². The summed E-state index contributed by atoms with van der Waals surface area (Å²) in [5.41, 5.74) is -0.400. The minimum absolute atomic E-state index is 0.0231. The predicted octanol–water partition coefficient (Wildman–Crippen LogP) is 3.52. The number of hydrogen-bond acceptors (Lipinski definition) is 5. The highest BCUT2D eigenvalue weighted by Crippen LogP contribution is 2.40. The second kappa shape index (κ2) is 6.89. The monoisotopic (exact) mass is 392 g/mol. The van der Waals surface area contributed by atoms with Gasteiger partial charge in [0.2, 0.25) is 0 Å². The molecule has 0 spiro atoms. The molecule has 0 bridgehead atoms. The molecule has 2 amide bonds. The Balaban J connectivity index is 2.11. The molecule has 1 N–H and O–H groups in total. The first-order valence-electron chi connectivity index (χ1n) is 7.24. The van der Waals surface area contributed by atoms with E-state index in [0.717, 1.165) is 12.1 Å². The van der Waals surface area contributed by atoms with E-state index in [9.17, 15) is 22.8 Å². The number of anilines is 1. The van der Waals surface area contributed by atoms with Gasteiger partial charge in [0.15, 0.2) is 0 Å². The molecule has 1 aromatic rings. The molecule has 2 fully saturated rings. The maximum atomic E-state index is 13.1. The number of benzene rings is 1. The SMILES string of the molecule is O=C1NC(=O)/C(=C\c2cc(C(F)(F)F)cc(Cl)c2N2CCOCC2)S1. The van der Waals surface area contributed by atoms with Gasteiger partial charge in [0.25, 0.3) is 11.1 Å². The molecule has 1 aromatic carbocycles. The molecule has 0 aromatic heterocycles. The van der Waals surface area contributed by atoms with Gasteiger partial charge >= 0.3 is 6.18 Å². The number of carbonyl (C=O) groups excluding carboxylic acids is 2. The van der Waals surface area contributed by atoms with Crippen molar-refractivity contribution in [3.05, 3.63) is 33.2 Å². The fourth-order valence-corrected chi connectivity index (χ4v) is 3.60. The van der Waals surface area contributed by atoms with Crippen LogP contribution < -0.4 is 10.2 Å². The van der Waals surface area contributed by atoms with Crippen molar-refractivity contribution in [3.63, 3.8) is 0 Å². The van der Waals surface area contributed by atoms with Crippen LogP contribution in [0, 0.1) is 0 Å². The number of rotatable bonds is 2. The molecule has 2 aliphatic rings. The Kier molecular flexibility index (Phi) is 4.99. The summed E-state index contributed by atoms with van der Waals surface area (Å²) in [6.45, 7) is 1.75. The van der Waals surface area contributed by atoms with E-state index in [-0.39, 0.29) is 15.5 Å². The summed E-state index contributed by atoms with van der Waals surface area (Å²) in [6, 6.07) is 1.79. The first-order chi connectivity index (χ1) is 11.8. The number of nitrogens with one attached hydrogen (secondary N) is 1. The molecule has 0 saturated carbocycles. The molecular weight excluding hydrogens is 381 g/mol. The van der Waals surface area contributed by atoms with Gasteiger partial charge in [0.05, 0.1) is 34.4 Å². The summed E-state index contributed by atoms with van der Waals surface area (Å²) in [6.07, 6.45) is -3.32. The topological polar surface area (TPSA) is 58.6 Å². The van der Waals surface area contributed by atoms with E-state index >= 15 is 0 Å². The maximum absolute atomic E-state index is 13.1. The number of amides is 2. The van der Waals surface area contributed by atoms with E-state index in [1.165, 1.54) is 6.08 Å². The van der Waals surface area contributed by atoms with Crippen LogP contribution >= 0.6 is 23.4 Å². The van der Waals surface area contributed by atoms with Gasteiger partial charge in [-0.1, -0.05) is 11.6 Å². The number of thioether (sulfide) groups is 1. The number of nitrogens with zero attached hydrogens (tertiary/aromatic N) is 1. The number of ether oxygens (including phenoxy) is 1. The number of carbonyl (C=O) groups is 2. The van der Waals surface area contributed by atoms with Crippen molar-refractivity contribution >= 4 is 46.3 Å². The van der Waals surface area contributed by atoms with Crippen LogP contribution in [-0.2, 0) is 15.7 Å². The van der Waals surface area contributed by atoms with Crippen LogP contribution in [0.15, 0.2) is 17.0 Å². The number of hydrogen-bond donors (Lipinski definition) is 1. The van der Waals surface area contributed by atoms with Crippen LogP contribution in [0.2, 0.25) is 5.02 Å². The van der Waals surface area contributed by atoms with Crippen molar-refractivity contribution in [3.8, 4) is 0 Å². The van der Waals surface area contributed by atoms with E-state index in [2.05, 4.69) is 5.32 Å². The van der Waals surface area contributed by atoms with Gasteiger partial charge < -0.3 is 9.64 Å². The first kappa shape index (κ1) is 18.1. The standard InChI is InChI=1S/C15H12ClF3N2O3S/c16-10-7-9(15(17,18)19)5-8(6-11-13(22)20-14(23)25-11)12(10)21-1-3-24-4-2-21/h5-7H,1-4H2,(H,20,22,23)/b11-6+. The fraction of sp³-hybridized carbons (Fsp3) is 0.333. The minimum atomic E-state index is -4.58. The van der Waals surface area contributed by atoms with Crippen molar-refractivity contribution < 1.29 is 27.5 Å². The maximum Gasteiger partial charge on any atom is 0.416 e. The van der Waals surface area contributed by atoms with Crippen molar-refractivity contribution in [2.45, 2.75) is 6.18 Å². The Morgan fingerprint density at radius 3 is 2.48 bits per heavy atom. The number of imide groups is 1. The number of alkyl halides is 3. The second-order valence-corrected chi connectivity index (χ2v) is 6.77. The van der Waals surface area contributed by atoms with Gasteiger partial charge in [-0.05, 0) is 30.0 Å². The Morgan fingerprint density at radius 2 is 1.92 bits per heavy atom. The van der Waals surface area contributed by atoms with Gasteiger partial charge in [-0.2, -0.15) is 13.2 Å². The highest BCUT2D eigenvalue weighted by Gasteiger charge is 2.33. The summed E-state index contributed by atoms with van der Waals surface area (Å²) < 4.78 is 44.6. The Morgan fingerprint density at radius 1 is 1.24 bits per heavy atom. The summed E-state index contributed by atoms with van der Waals surface area (Å²) in [5, 5.41) is 1.44. The molecule has 25 heavy (non-hydrogen) atoms. The first-order valence-corrected chi connectivity index (χ1v) is 8.43. The van der Waals surface area contributed by atoms with E-state index in [4.69, 9.17) is 16.3 Å². The van der Waals surface area contributed by atoms with Crippen LogP contribution in [0.4, 0.5) is 23.7 Å². The zero-order valence-corrected chi connectivity index (χ0v) is 14.2. The van der Waals surface area contributed by atoms with Crippen molar-refractivity contribution in [2.24, 2.45) is 0 Å². The zero-order chi connectivity index (χ0) is 18.2. The molecular formula is C15H12ClF3N2O3S. The molecule has 2 aliphatic heterocycles. The van der Waals surface area contributed by atoms with Crippen LogP contribution in [0.1, 0.15) is 11.1 Å². The highest BCUT2D eigenvalue weighted by molar-refractivity contribution is 8.18. The van der Waals surface area contributed by atoms with E-state index < -0.39 is 22.9 Å². The molecule has 10 heteroatoms. The molecule has 5 nitrogen and oxygen atoms in total. The molecule has 0 aliphatic carbocycles. The van der Waals surface area contributed by atoms with Gasteiger partial charge in [-0.15, -0.1) is 0 Å². The number of halogens is 4. The average Bonchev–Trinajstić information content (AvgIpc) is 2.84. The van der Waals surface area contributed by atoms with E-state index in [1.54, 1.807) is 4.90 Å². The van der Waals surface area contributed by atoms with Crippen LogP contribution in [-0.4, -0.2) is 37.4 Å². The third-order valence-corrected chi connectivity index (χ3v) is 4.77. The van der Waals surface area contributed by atoms with Crippen LogP contribution in [0.25, 0.3) is 6.08 Å².